The van der Waals surface area contributed by atoms with Crippen LogP contribution < -0.4 is 0 Å². The summed E-state index contributed by atoms with van der Waals surface area (Å²) in [5.41, 5.74) is 0.380. The van der Waals surface area contributed by atoms with Crippen molar-refractivity contribution in [2.24, 2.45) is 0 Å². The van der Waals surface area contributed by atoms with E-state index in [1.807, 2.05) is 0 Å². The Labute approximate surface area is 78.4 Å². The minimum absolute atomic E-state index is 0.0596. The monoisotopic (exact) mass is 262 g/mol. The fraction of sp³-hybridized carbons (Fsp3) is 0.125. The highest BCUT2D eigenvalue weighted by Crippen LogP contribution is 2.19. The van der Waals surface area contributed by atoms with Gasteiger partial charge in [0.2, 0.25) is 0 Å². The van der Waals surface area contributed by atoms with Gasteiger partial charge in [-0.1, -0.05) is 0 Å². The molecule has 1 aromatic rings. The van der Waals surface area contributed by atoms with Crippen LogP contribution >= 0.6 is 22.6 Å². The van der Waals surface area contributed by atoms with Crippen LogP contribution in [0.4, 0.5) is 0 Å². The third-order valence-corrected chi connectivity index (χ3v) is 2.01. The first-order valence-corrected chi connectivity index (χ1v) is 4.18. The van der Waals surface area contributed by atoms with Crippen molar-refractivity contribution in [3.8, 4) is 5.75 Å². The molecule has 58 valence electrons. The molecule has 1 rings (SSSR count). The molecule has 1 aromatic carbocycles. The van der Waals surface area contributed by atoms with Gasteiger partial charge in [-0.2, -0.15) is 0 Å². The molecule has 0 aliphatic carbocycles. The Morgan fingerprint density at radius 1 is 1.55 bits per heavy atom. The summed E-state index contributed by atoms with van der Waals surface area (Å²) in [6.07, 6.45) is 0. The Bertz CT molecular complexity index is 294. The normalized spacial score (nSPS) is 9.64. The van der Waals surface area contributed by atoms with E-state index in [0.29, 0.717) is 5.56 Å². The predicted octanol–water partition coefficient (Wildman–Crippen LogP) is 2.20. The standard InChI is InChI=1S/C8H7IO2/c1-5(10)7-3-2-6(9)4-8(7)11/h2-4,11H,1H3. The molecule has 0 saturated heterocycles. The van der Waals surface area contributed by atoms with Gasteiger partial charge in [0, 0.05) is 3.57 Å². The van der Waals surface area contributed by atoms with E-state index in [1.54, 1.807) is 18.2 Å². The van der Waals surface area contributed by atoms with Crippen LogP contribution in [0.2, 0.25) is 0 Å². The Morgan fingerprint density at radius 3 is 2.64 bits per heavy atom. The SMILES string of the molecule is CC(=O)c1ccc(I)cc1O. The molecule has 0 aromatic heterocycles. The largest absolute Gasteiger partial charge is 0.507 e. The highest BCUT2D eigenvalue weighted by Gasteiger charge is 2.04. The predicted molar refractivity (Wildman–Crippen MR) is 50.8 cm³/mol. The number of Topliss-reactive ketones (excluding diaryl/α,β-unsaturated/α-hetero) is 1. The van der Waals surface area contributed by atoms with Crippen LogP contribution in [0.5, 0.6) is 5.75 Å². The van der Waals surface area contributed by atoms with Crippen LogP contribution in [0, 0.1) is 3.57 Å². The number of benzene rings is 1. The molecule has 2 nitrogen and oxygen atoms in total. The summed E-state index contributed by atoms with van der Waals surface area (Å²) in [5, 5.41) is 9.24. The lowest BCUT2D eigenvalue weighted by Gasteiger charge is -1.99. The zero-order valence-corrected chi connectivity index (χ0v) is 8.12. The van der Waals surface area contributed by atoms with Crippen molar-refractivity contribution < 1.29 is 9.90 Å². The summed E-state index contributed by atoms with van der Waals surface area (Å²) in [7, 11) is 0. The van der Waals surface area contributed by atoms with Crippen molar-refractivity contribution in [3.05, 3.63) is 27.3 Å². The first-order chi connectivity index (χ1) is 5.11. The lowest BCUT2D eigenvalue weighted by atomic mass is 10.1. The van der Waals surface area contributed by atoms with Crippen molar-refractivity contribution in [3.63, 3.8) is 0 Å². The number of carbonyl (C=O) groups excluding carboxylic acids is 1. The first kappa shape index (κ1) is 8.52. The van der Waals surface area contributed by atoms with E-state index in [2.05, 4.69) is 22.6 Å². The van der Waals surface area contributed by atoms with Crippen LogP contribution in [-0.2, 0) is 0 Å². The van der Waals surface area contributed by atoms with Crippen molar-refractivity contribution in [1.29, 1.82) is 0 Å². The Hall–Kier alpha value is -0.580. The van der Waals surface area contributed by atoms with E-state index >= 15 is 0 Å². The van der Waals surface area contributed by atoms with Crippen molar-refractivity contribution in [2.45, 2.75) is 6.92 Å². The van der Waals surface area contributed by atoms with Crippen molar-refractivity contribution in [2.75, 3.05) is 0 Å². The molecule has 0 aliphatic rings. The van der Waals surface area contributed by atoms with Gasteiger partial charge in [0.15, 0.2) is 5.78 Å². The molecule has 0 saturated carbocycles. The molecule has 3 heteroatoms. The minimum atomic E-state index is -0.112. The number of carbonyl (C=O) groups is 1. The second kappa shape index (κ2) is 3.21. The number of aromatic hydroxyl groups is 1. The van der Waals surface area contributed by atoms with Crippen molar-refractivity contribution in [1.82, 2.24) is 0 Å². The average molecular weight is 262 g/mol. The zero-order valence-electron chi connectivity index (χ0n) is 5.97. The molecular weight excluding hydrogens is 255 g/mol. The molecule has 0 aliphatic heterocycles. The molecule has 1 N–H and O–H groups in total. The Kier molecular flexibility index (Phi) is 2.49. The fourth-order valence-electron chi connectivity index (χ4n) is 0.803. The summed E-state index contributed by atoms with van der Waals surface area (Å²) in [6.45, 7) is 1.43. The van der Waals surface area contributed by atoms with Gasteiger partial charge in [-0.05, 0) is 47.7 Å². The summed E-state index contributed by atoms with van der Waals surface area (Å²) in [5.74, 6) is -0.0525. The molecule has 0 radical (unpaired) electrons. The van der Waals surface area contributed by atoms with Gasteiger partial charge in [-0.15, -0.1) is 0 Å². The second-order valence-electron chi connectivity index (χ2n) is 2.22. The summed E-state index contributed by atoms with van der Waals surface area (Å²) >= 11 is 2.07. The number of phenolic OH excluding ortho intramolecular Hbond substituents is 1. The van der Waals surface area contributed by atoms with Gasteiger partial charge in [-0.25, -0.2) is 0 Å². The van der Waals surface area contributed by atoms with Crippen LogP contribution in [0.25, 0.3) is 0 Å². The molecular formula is C8H7IO2. The summed E-state index contributed by atoms with van der Waals surface area (Å²) in [6, 6.07) is 4.98. The molecule has 0 amide bonds. The Morgan fingerprint density at radius 2 is 2.18 bits per heavy atom. The maximum absolute atomic E-state index is 10.8. The molecule has 0 heterocycles. The highest BCUT2D eigenvalue weighted by atomic mass is 127. The number of hydrogen-bond donors (Lipinski definition) is 1. The third-order valence-electron chi connectivity index (χ3n) is 1.34. The summed E-state index contributed by atoms with van der Waals surface area (Å²) in [4.78, 5) is 10.8. The number of halogens is 1. The van der Waals surface area contributed by atoms with Gasteiger partial charge in [0.1, 0.15) is 5.75 Å². The average Bonchev–Trinajstić information content (AvgIpc) is 1.85. The van der Waals surface area contributed by atoms with E-state index in [-0.39, 0.29) is 11.5 Å². The molecule has 0 spiro atoms. The van der Waals surface area contributed by atoms with E-state index < -0.39 is 0 Å². The molecule has 0 atom stereocenters. The first-order valence-electron chi connectivity index (χ1n) is 3.10. The third kappa shape index (κ3) is 1.92. The van der Waals surface area contributed by atoms with Gasteiger partial charge >= 0.3 is 0 Å². The summed E-state index contributed by atoms with van der Waals surface area (Å²) < 4.78 is 0.921. The van der Waals surface area contributed by atoms with Crippen molar-refractivity contribution >= 4 is 28.4 Å². The van der Waals surface area contributed by atoms with E-state index in [4.69, 9.17) is 0 Å². The lowest BCUT2D eigenvalue weighted by molar-refractivity contribution is 0.101. The molecule has 0 fully saturated rings. The maximum Gasteiger partial charge on any atom is 0.163 e. The number of rotatable bonds is 1. The maximum atomic E-state index is 10.8. The van der Waals surface area contributed by atoms with Crippen LogP contribution in [0.1, 0.15) is 17.3 Å². The smallest absolute Gasteiger partial charge is 0.163 e. The second-order valence-corrected chi connectivity index (χ2v) is 3.46. The van der Waals surface area contributed by atoms with Crippen LogP contribution in [0.3, 0.4) is 0 Å². The fourth-order valence-corrected chi connectivity index (χ4v) is 1.28. The van der Waals surface area contributed by atoms with Crippen LogP contribution in [0.15, 0.2) is 18.2 Å². The molecule has 0 bridgehead atoms. The van der Waals surface area contributed by atoms with Gasteiger partial charge in [0.05, 0.1) is 5.56 Å². The Balaban J connectivity index is 3.20. The lowest BCUT2D eigenvalue weighted by Crippen LogP contribution is -1.92. The highest BCUT2D eigenvalue weighted by molar-refractivity contribution is 14.1. The van der Waals surface area contributed by atoms with E-state index in [9.17, 15) is 9.90 Å². The number of hydrogen-bond acceptors (Lipinski definition) is 2. The zero-order chi connectivity index (χ0) is 8.43. The van der Waals surface area contributed by atoms with E-state index in [0.717, 1.165) is 3.57 Å². The minimum Gasteiger partial charge on any atom is -0.507 e. The van der Waals surface area contributed by atoms with Gasteiger partial charge in [0.25, 0.3) is 0 Å². The number of phenols is 1. The number of ketones is 1. The molecule has 0 unspecified atom stereocenters. The van der Waals surface area contributed by atoms with Gasteiger partial charge in [-0.3, -0.25) is 4.79 Å². The molecule has 11 heavy (non-hydrogen) atoms. The topological polar surface area (TPSA) is 37.3 Å². The quantitative estimate of drug-likeness (QED) is 0.622. The van der Waals surface area contributed by atoms with Crippen LogP contribution in [-0.4, -0.2) is 10.9 Å². The van der Waals surface area contributed by atoms with Gasteiger partial charge < -0.3 is 5.11 Å². The van der Waals surface area contributed by atoms with E-state index in [1.165, 1.54) is 6.92 Å².